The largest absolute Gasteiger partial charge is 0.454 e. The summed E-state index contributed by atoms with van der Waals surface area (Å²) < 4.78 is 40.1. The molecule has 0 unspecified atom stereocenters. The molecular formula is C33H38Cl2N4O7S. The number of para-hydroxylation sites is 2. The van der Waals surface area contributed by atoms with Crippen LogP contribution in [0.2, 0.25) is 10.0 Å². The normalized spacial score (nSPS) is 14.6. The molecule has 47 heavy (non-hydrogen) atoms. The topological polar surface area (TPSA) is 143 Å². The lowest BCUT2D eigenvalue weighted by Gasteiger charge is -2.33. The summed E-state index contributed by atoms with van der Waals surface area (Å²) in [5.41, 5.74) is -0.203. The number of benzene rings is 3. The molecule has 3 aromatic carbocycles. The summed E-state index contributed by atoms with van der Waals surface area (Å²) in [5.74, 6) is -0.181. The summed E-state index contributed by atoms with van der Waals surface area (Å²) in [6.07, 6.45) is 1.11. The third-order valence-electron chi connectivity index (χ3n) is 7.24. The molecule has 4 rings (SSSR count). The number of sulfonamides is 1. The van der Waals surface area contributed by atoms with Gasteiger partial charge in [-0.2, -0.15) is 0 Å². The van der Waals surface area contributed by atoms with E-state index in [2.05, 4.69) is 15.4 Å². The maximum atomic E-state index is 13.2. The quantitative estimate of drug-likeness (QED) is 0.220. The molecule has 0 aliphatic carbocycles. The first-order valence-electron chi connectivity index (χ1n) is 15.0. The van der Waals surface area contributed by atoms with Crippen molar-refractivity contribution in [3.8, 4) is 11.5 Å². The van der Waals surface area contributed by atoms with Gasteiger partial charge in [0.2, 0.25) is 5.91 Å². The van der Waals surface area contributed by atoms with Crippen LogP contribution in [0.5, 0.6) is 11.5 Å². The summed E-state index contributed by atoms with van der Waals surface area (Å²) >= 11 is 12.2. The second-order valence-corrected chi connectivity index (χ2v) is 14.7. The van der Waals surface area contributed by atoms with Crippen molar-refractivity contribution in [2.75, 3.05) is 24.4 Å². The lowest BCUT2D eigenvalue weighted by Crippen LogP contribution is -2.47. The van der Waals surface area contributed by atoms with E-state index in [9.17, 15) is 22.8 Å². The van der Waals surface area contributed by atoms with E-state index in [1.54, 1.807) is 42.2 Å². The highest BCUT2D eigenvalue weighted by atomic mass is 35.5. The molecule has 1 atom stereocenters. The molecule has 0 bridgehead atoms. The molecule has 0 spiro atoms. The number of ether oxygens (including phenoxy) is 2. The third-order valence-corrected chi connectivity index (χ3v) is 9.16. The van der Waals surface area contributed by atoms with Gasteiger partial charge in [0, 0.05) is 30.2 Å². The van der Waals surface area contributed by atoms with Crippen LogP contribution in [0.1, 0.15) is 50.9 Å². The number of rotatable bonds is 10. The number of carbonyl (C=O) groups excluding carboxylic acids is 3. The van der Waals surface area contributed by atoms with E-state index < -0.39 is 27.6 Å². The smallest absolute Gasteiger partial charge is 0.410 e. The number of amides is 3. The van der Waals surface area contributed by atoms with Gasteiger partial charge < -0.3 is 25.0 Å². The van der Waals surface area contributed by atoms with Gasteiger partial charge in [-0.05, 0) is 101 Å². The van der Waals surface area contributed by atoms with E-state index in [-0.39, 0.29) is 44.8 Å². The average Bonchev–Trinajstić information content (AvgIpc) is 3.01. The van der Waals surface area contributed by atoms with Gasteiger partial charge >= 0.3 is 6.09 Å². The Balaban J connectivity index is 1.28. The highest BCUT2D eigenvalue weighted by Crippen LogP contribution is 2.35. The highest BCUT2D eigenvalue weighted by Gasteiger charge is 2.27. The minimum atomic E-state index is -4.07. The first kappa shape index (κ1) is 35.8. The Hall–Kier alpha value is -4.00. The fraction of sp³-hybridized carbons (Fsp3) is 0.364. The number of likely N-dealkylation sites (tertiary alicyclic amines) is 1. The van der Waals surface area contributed by atoms with Crippen molar-refractivity contribution in [3.63, 3.8) is 0 Å². The van der Waals surface area contributed by atoms with E-state index >= 15 is 0 Å². The Morgan fingerprint density at radius 1 is 0.957 bits per heavy atom. The molecule has 1 heterocycles. The van der Waals surface area contributed by atoms with Crippen LogP contribution in [0.4, 0.5) is 10.5 Å². The Labute approximate surface area is 285 Å². The summed E-state index contributed by atoms with van der Waals surface area (Å²) in [6, 6.07) is 15.6. The standard InChI is InChI=1S/C33H38Cl2N4O7S/c1-21(30(40)36-20-22-15-17-39(18-16-22)32(42)46-33(2,3)4)37-31(41)23-9-12-25(13-10-23)47(43,44)38-27-7-5-6-8-29(27)45-28-14-11-24(34)19-26(28)35/h5-14,19,21-22,38H,15-18,20H2,1-4H3,(H,36,40)(H,37,41)/t21-/m0/s1. The highest BCUT2D eigenvalue weighted by molar-refractivity contribution is 7.92. The zero-order valence-corrected chi connectivity index (χ0v) is 28.8. The first-order chi connectivity index (χ1) is 22.1. The Morgan fingerprint density at radius 2 is 1.62 bits per heavy atom. The summed E-state index contributed by atoms with van der Waals surface area (Å²) in [7, 11) is -4.07. The molecule has 3 N–H and O–H groups in total. The van der Waals surface area contributed by atoms with Gasteiger partial charge in [0.1, 0.15) is 17.4 Å². The lowest BCUT2D eigenvalue weighted by molar-refractivity contribution is -0.122. The monoisotopic (exact) mass is 704 g/mol. The van der Waals surface area contributed by atoms with Crippen molar-refractivity contribution >= 4 is 56.8 Å². The predicted molar refractivity (Wildman–Crippen MR) is 181 cm³/mol. The lowest BCUT2D eigenvalue weighted by atomic mass is 9.97. The van der Waals surface area contributed by atoms with E-state index in [1.807, 2.05) is 20.8 Å². The Morgan fingerprint density at radius 3 is 2.26 bits per heavy atom. The molecule has 1 fully saturated rings. The number of hydrogen-bond donors (Lipinski definition) is 3. The van der Waals surface area contributed by atoms with Crippen LogP contribution in [-0.2, 0) is 19.6 Å². The Bertz CT molecular complexity index is 1700. The molecule has 1 aliphatic heterocycles. The van der Waals surface area contributed by atoms with Crippen LogP contribution < -0.4 is 20.1 Å². The zero-order valence-electron chi connectivity index (χ0n) is 26.5. The molecule has 3 amide bonds. The number of piperidine rings is 1. The molecule has 3 aromatic rings. The minimum Gasteiger partial charge on any atom is -0.454 e. The molecule has 0 saturated carbocycles. The number of hydrogen-bond acceptors (Lipinski definition) is 7. The van der Waals surface area contributed by atoms with Crippen molar-refractivity contribution in [2.24, 2.45) is 5.92 Å². The van der Waals surface area contributed by atoms with Gasteiger partial charge in [-0.1, -0.05) is 35.3 Å². The van der Waals surface area contributed by atoms with Crippen LogP contribution in [0.25, 0.3) is 0 Å². The third kappa shape index (κ3) is 10.2. The fourth-order valence-corrected chi connectivity index (χ4v) is 6.21. The van der Waals surface area contributed by atoms with E-state index in [0.29, 0.717) is 30.4 Å². The van der Waals surface area contributed by atoms with E-state index in [4.69, 9.17) is 32.7 Å². The molecule has 11 nitrogen and oxygen atoms in total. The van der Waals surface area contributed by atoms with Gasteiger partial charge in [0.05, 0.1) is 15.6 Å². The fourth-order valence-electron chi connectivity index (χ4n) is 4.70. The molecule has 14 heteroatoms. The molecule has 0 aromatic heterocycles. The molecule has 1 aliphatic rings. The second-order valence-electron chi connectivity index (χ2n) is 12.2. The molecular weight excluding hydrogens is 667 g/mol. The van der Waals surface area contributed by atoms with Crippen LogP contribution in [0.15, 0.2) is 71.6 Å². The molecule has 1 saturated heterocycles. The summed E-state index contributed by atoms with van der Waals surface area (Å²) in [6.45, 7) is 8.54. The van der Waals surface area contributed by atoms with E-state index in [1.165, 1.54) is 36.4 Å². The van der Waals surface area contributed by atoms with Gasteiger partial charge in [-0.15, -0.1) is 0 Å². The number of carbonyl (C=O) groups is 3. The van der Waals surface area contributed by atoms with Crippen molar-refractivity contribution in [3.05, 3.63) is 82.3 Å². The number of nitrogens with one attached hydrogen (secondary N) is 3. The van der Waals surface area contributed by atoms with Gasteiger partial charge in [0.25, 0.3) is 15.9 Å². The number of halogens is 2. The number of nitrogens with zero attached hydrogens (tertiary/aromatic N) is 1. The average molecular weight is 706 g/mol. The first-order valence-corrected chi connectivity index (χ1v) is 17.3. The van der Waals surface area contributed by atoms with Crippen LogP contribution in [0, 0.1) is 5.92 Å². The SMILES string of the molecule is C[C@H](NC(=O)c1ccc(S(=O)(=O)Nc2ccccc2Oc2ccc(Cl)cc2Cl)cc1)C(=O)NCC1CCN(C(=O)OC(C)(C)C)CC1. The summed E-state index contributed by atoms with van der Waals surface area (Å²) in [4.78, 5) is 39.4. The predicted octanol–water partition coefficient (Wildman–Crippen LogP) is 6.47. The van der Waals surface area contributed by atoms with Crippen LogP contribution in [0.3, 0.4) is 0 Å². The summed E-state index contributed by atoms with van der Waals surface area (Å²) in [5, 5.41) is 6.20. The zero-order chi connectivity index (χ0) is 34.4. The van der Waals surface area contributed by atoms with Crippen LogP contribution in [-0.4, -0.2) is 62.5 Å². The Kier molecular flexibility index (Phi) is 11.6. The van der Waals surface area contributed by atoms with Gasteiger partial charge in [-0.25, -0.2) is 13.2 Å². The van der Waals surface area contributed by atoms with E-state index in [0.717, 1.165) is 12.8 Å². The minimum absolute atomic E-state index is 0.0862. The number of anilines is 1. The van der Waals surface area contributed by atoms with Gasteiger partial charge in [-0.3, -0.25) is 14.3 Å². The van der Waals surface area contributed by atoms with Crippen molar-refractivity contribution in [1.82, 2.24) is 15.5 Å². The van der Waals surface area contributed by atoms with Gasteiger partial charge in [0.15, 0.2) is 5.75 Å². The van der Waals surface area contributed by atoms with Crippen molar-refractivity contribution in [1.29, 1.82) is 0 Å². The molecule has 252 valence electrons. The second kappa shape index (κ2) is 15.3. The van der Waals surface area contributed by atoms with Crippen molar-refractivity contribution in [2.45, 2.75) is 57.1 Å². The maximum Gasteiger partial charge on any atom is 0.410 e. The maximum absolute atomic E-state index is 13.2. The van der Waals surface area contributed by atoms with Crippen molar-refractivity contribution < 1.29 is 32.3 Å². The van der Waals surface area contributed by atoms with Crippen LogP contribution >= 0.6 is 23.2 Å². The molecule has 0 radical (unpaired) electrons.